The van der Waals surface area contributed by atoms with E-state index in [9.17, 15) is 14.9 Å². The molecule has 0 radical (unpaired) electrons. The first-order valence-electron chi connectivity index (χ1n) is 8.21. The molecule has 0 fully saturated rings. The van der Waals surface area contributed by atoms with Crippen molar-refractivity contribution in [3.05, 3.63) is 55.7 Å². The molecular weight excluding hydrogens is 376 g/mol. The highest BCUT2D eigenvalue weighted by molar-refractivity contribution is 7.07. The smallest absolute Gasteiger partial charge is 0.319 e. The number of amides is 2. The molecule has 0 spiro atoms. The molecule has 140 valence electrons. The van der Waals surface area contributed by atoms with Crippen molar-refractivity contribution in [2.75, 3.05) is 25.0 Å². The summed E-state index contributed by atoms with van der Waals surface area (Å²) >= 11 is 7.62. The first-order valence-corrected chi connectivity index (χ1v) is 9.53. The normalized spacial score (nSPS) is 12.0. The molecule has 1 atom stereocenters. The fourth-order valence-electron chi connectivity index (χ4n) is 2.66. The number of nitrogens with zero attached hydrogens (tertiary/aromatic N) is 2. The van der Waals surface area contributed by atoms with Gasteiger partial charge in [0.05, 0.1) is 21.7 Å². The zero-order chi connectivity index (χ0) is 19.1. The van der Waals surface area contributed by atoms with Gasteiger partial charge < -0.3 is 10.6 Å². The first kappa shape index (κ1) is 20.2. The van der Waals surface area contributed by atoms with E-state index in [2.05, 4.69) is 40.8 Å². The van der Waals surface area contributed by atoms with E-state index < -0.39 is 11.0 Å². The maximum Gasteiger partial charge on any atom is 0.319 e. The minimum Gasteiger partial charge on any atom is -0.336 e. The number of likely N-dealkylation sites (N-methyl/N-ethyl adjacent to an activating group) is 1. The Morgan fingerprint density at radius 1 is 1.35 bits per heavy atom. The Kier molecular flexibility index (Phi) is 7.38. The summed E-state index contributed by atoms with van der Waals surface area (Å²) in [4.78, 5) is 24.7. The highest BCUT2D eigenvalue weighted by Gasteiger charge is 2.19. The number of anilines is 1. The molecular formula is C17H21ClN4O3S. The number of carbonyl (C=O) groups excluding carboxylic acids is 1. The molecule has 26 heavy (non-hydrogen) atoms. The second-order valence-corrected chi connectivity index (χ2v) is 6.74. The summed E-state index contributed by atoms with van der Waals surface area (Å²) in [5.74, 6) is 0. The number of thiophene rings is 1. The van der Waals surface area contributed by atoms with Crippen molar-refractivity contribution in [2.24, 2.45) is 0 Å². The summed E-state index contributed by atoms with van der Waals surface area (Å²) in [5.41, 5.74) is 1.36. The third kappa shape index (κ3) is 5.17. The van der Waals surface area contributed by atoms with E-state index in [0.717, 1.165) is 18.7 Å². The quantitative estimate of drug-likeness (QED) is 0.507. The molecule has 2 N–H and O–H groups in total. The maximum atomic E-state index is 12.2. The molecule has 7 nitrogen and oxygen atoms in total. The lowest BCUT2D eigenvalue weighted by Gasteiger charge is -2.29. The number of halogens is 1. The number of nitro groups is 1. The van der Waals surface area contributed by atoms with E-state index in [1.54, 1.807) is 11.3 Å². The Labute approximate surface area is 161 Å². The molecule has 2 amide bonds. The lowest BCUT2D eigenvalue weighted by molar-refractivity contribution is -0.384. The van der Waals surface area contributed by atoms with Gasteiger partial charge in [-0.3, -0.25) is 15.0 Å². The van der Waals surface area contributed by atoms with Crippen LogP contribution in [-0.2, 0) is 0 Å². The average molecular weight is 397 g/mol. The molecule has 2 aromatic rings. The number of nitrogens with one attached hydrogen (secondary N) is 2. The van der Waals surface area contributed by atoms with Gasteiger partial charge >= 0.3 is 6.03 Å². The Hall–Kier alpha value is -2.16. The lowest BCUT2D eigenvalue weighted by atomic mass is 10.1. The molecule has 0 saturated carbocycles. The van der Waals surface area contributed by atoms with Crippen LogP contribution in [0.4, 0.5) is 16.2 Å². The minimum absolute atomic E-state index is 0.0781. The van der Waals surface area contributed by atoms with E-state index in [4.69, 9.17) is 11.6 Å². The number of urea groups is 1. The summed E-state index contributed by atoms with van der Waals surface area (Å²) in [6, 6.07) is 5.65. The van der Waals surface area contributed by atoms with E-state index in [1.807, 2.05) is 5.38 Å². The monoisotopic (exact) mass is 396 g/mol. The van der Waals surface area contributed by atoms with Crippen LogP contribution in [0.25, 0.3) is 0 Å². The maximum absolute atomic E-state index is 12.2. The second-order valence-electron chi connectivity index (χ2n) is 5.55. The zero-order valence-corrected chi connectivity index (χ0v) is 16.1. The van der Waals surface area contributed by atoms with Crippen LogP contribution < -0.4 is 10.6 Å². The first-order chi connectivity index (χ1) is 12.5. The van der Waals surface area contributed by atoms with Crippen LogP contribution in [-0.4, -0.2) is 35.5 Å². The minimum atomic E-state index is -0.536. The van der Waals surface area contributed by atoms with Crippen LogP contribution >= 0.6 is 22.9 Å². The SMILES string of the molecule is CCN(CC)[C@@H](CNC(=O)Nc1ccc([N+](=O)[O-])cc1Cl)c1ccsc1. The number of hydrogen-bond acceptors (Lipinski definition) is 5. The molecule has 0 aliphatic rings. The fourth-order valence-corrected chi connectivity index (χ4v) is 3.59. The average Bonchev–Trinajstić information content (AvgIpc) is 3.14. The van der Waals surface area contributed by atoms with Crippen molar-refractivity contribution in [3.8, 4) is 0 Å². The summed E-state index contributed by atoms with van der Waals surface area (Å²) in [6.45, 7) is 6.34. The van der Waals surface area contributed by atoms with Crippen molar-refractivity contribution in [2.45, 2.75) is 19.9 Å². The molecule has 1 aromatic carbocycles. The number of non-ortho nitro benzene ring substituents is 1. The molecule has 0 unspecified atom stereocenters. The van der Waals surface area contributed by atoms with Crippen LogP contribution in [0.2, 0.25) is 5.02 Å². The second kappa shape index (κ2) is 9.51. The van der Waals surface area contributed by atoms with Gasteiger partial charge in [0, 0.05) is 18.7 Å². The molecule has 0 bridgehead atoms. The number of nitro benzene ring substituents is 1. The molecule has 1 heterocycles. The number of hydrogen-bond donors (Lipinski definition) is 2. The summed E-state index contributed by atoms with van der Waals surface area (Å²) in [6.07, 6.45) is 0. The molecule has 0 saturated heterocycles. The predicted octanol–water partition coefficient (Wildman–Crippen LogP) is 4.51. The van der Waals surface area contributed by atoms with Crippen LogP contribution in [0.3, 0.4) is 0 Å². The van der Waals surface area contributed by atoms with Crippen LogP contribution in [0.1, 0.15) is 25.5 Å². The molecule has 2 rings (SSSR count). The standard InChI is InChI=1S/C17H21ClN4O3S/c1-3-21(4-2)16(12-7-8-26-11-12)10-19-17(23)20-15-6-5-13(22(24)25)9-14(15)18/h5-9,11,16H,3-4,10H2,1-2H3,(H2,19,20,23)/t16-/m0/s1. The Morgan fingerprint density at radius 2 is 2.08 bits per heavy atom. The van der Waals surface area contributed by atoms with Gasteiger partial charge in [-0.1, -0.05) is 25.4 Å². The van der Waals surface area contributed by atoms with Crippen LogP contribution in [0.15, 0.2) is 35.0 Å². The van der Waals surface area contributed by atoms with E-state index in [-0.39, 0.29) is 16.8 Å². The largest absolute Gasteiger partial charge is 0.336 e. The zero-order valence-electron chi connectivity index (χ0n) is 14.6. The molecule has 9 heteroatoms. The van der Waals surface area contributed by atoms with Gasteiger partial charge in [-0.05, 0) is 41.5 Å². The molecule has 1 aromatic heterocycles. The van der Waals surface area contributed by atoms with Crippen molar-refractivity contribution in [1.82, 2.24) is 10.2 Å². The number of rotatable bonds is 8. The van der Waals surface area contributed by atoms with Crippen molar-refractivity contribution in [3.63, 3.8) is 0 Å². The summed E-state index contributed by atoms with van der Waals surface area (Å²) < 4.78 is 0. The Bertz CT molecular complexity index is 750. The van der Waals surface area contributed by atoms with Gasteiger partial charge in [0.1, 0.15) is 0 Å². The predicted molar refractivity (Wildman–Crippen MR) is 105 cm³/mol. The highest BCUT2D eigenvalue weighted by Crippen LogP contribution is 2.27. The Morgan fingerprint density at radius 3 is 2.62 bits per heavy atom. The van der Waals surface area contributed by atoms with E-state index in [1.165, 1.54) is 18.2 Å². The van der Waals surface area contributed by atoms with Crippen molar-refractivity contribution < 1.29 is 9.72 Å². The van der Waals surface area contributed by atoms with E-state index in [0.29, 0.717) is 12.2 Å². The van der Waals surface area contributed by atoms with Gasteiger partial charge in [-0.2, -0.15) is 11.3 Å². The van der Waals surface area contributed by atoms with Gasteiger partial charge in [-0.25, -0.2) is 4.79 Å². The van der Waals surface area contributed by atoms with Crippen molar-refractivity contribution in [1.29, 1.82) is 0 Å². The van der Waals surface area contributed by atoms with E-state index >= 15 is 0 Å². The third-order valence-corrected chi connectivity index (χ3v) is 5.06. The van der Waals surface area contributed by atoms with Gasteiger partial charge in [-0.15, -0.1) is 0 Å². The third-order valence-electron chi connectivity index (χ3n) is 4.05. The van der Waals surface area contributed by atoms with Gasteiger partial charge in [0.15, 0.2) is 0 Å². The van der Waals surface area contributed by atoms with Crippen LogP contribution in [0, 0.1) is 10.1 Å². The fraction of sp³-hybridized carbons (Fsp3) is 0.353. The summed E-state index contributed by atoms with van der Waals surface area (Å²) in [7, 11) is 0. The Balaban J connectivity index is 2.01. The lowest BCUT2D eigenvalue weighted by Crippen LogP contribution is -2.39. The number of benzene rings is 1. The van der Waals surface area contributed by atoms with Gasteiger partial charge in [0.25, 0.3) is 5.69 Å². The summed E-state index contributed by atoms with van der Waals surface area (Å²) in [5, 5.41) is 20.4. The topological polar surface area (TPSA) is 87.5 Å². The molecule has 0 aliphatic carbocycles. The van der Waals surface area contributed by atoms with Gasteiger partial charge in [0.2, 0.25) is 0 Å². The van der Waals surface area contributed by atoms with Crippen LogP contribution in [0.5, 0.6) is 0 Å². The molecule has 0 aliphatic heterocycles. The van der Waals surface area contributed by atoms with Crippen molar-refractivity contribution >= 4 is 40.3 Å². The number of carbonyl (C=O) groups is 1. The highest BCUT2D eigenvalue weighted by atomic mass is 35.5.